The minimum Gasteiger partial charge on any atom is -0.496 e. The molecule has 1 N–H and O–H groups in total. The molecule has 0 spiro atoms. The van der Waals surface area contributed by atoms with Gasteiger partial charge in [-0.1, -0.05) is 50.2 Å². The molecule has 3 aromatic rings. The van der Waals surface area contributed by atoms with Gasteiger partial charge in [-0.3, -0.25) is 4.90 Å². The predicted octanol–water partition coefficient (Wildman–Crippen LogP) is 4.80. The summed E-state index contributed by atoms with van der Waals surface area (Å²) in [6.07, 6.45) is 3.11. The van der Waals surface area contributed by atoms with Crippen molar-refractivity contribution in [1.29, 1.82) is 0 Å². The number of rotatable bonds is 7. The molecular weight excluding hydrogens is 296 g/mol. The maximum absolute atomic E-state index is 5.64. The second-order valence-electron chi connectivity index (χ2n) is 6.04. The Morgan fingerprint density at radius 2 is 1.71 bits per heavy atom. The van der Waals surface area contributed by atoms with Gasteiger partial charge < -0.3 is 9.72 Å². The van der Waals surface area contributed by atoms with Crippen LogP contribution in [0, 0.1) is 0 Å². The summed E-state index contributed by atoms with van der Waals surface area (Å²) in [6.45, 7) is 6.48. The Morgan fingerprint density at radius 3 is 2.46 bits per heavy atom. The van der Waals surface area contributed by atoms with Gasteiger partial charge in [-0.2, -0.15) is 0 Å². The van der Waals surface area contributed by atoms with Crippen molar-refractivity contribution >= 4 is 10.9 Å². The molecule has 1 heterocycles. The zero-order valence-electron chi connectivity index (χ0n) is 14.8. The summed E-state index contributed by atoms with van der Waals surface area (Å²) < 4.78 is 5.64. The van der Waals surface area contributed by atoms with Crippen molar-refractivity contribution in [3.8, 4) is 5.75 Å². The summed E-state index contributed by atoms with van der Waals surface area (Å²) in [7, 11) is 1.75. The molecule has 0 aliphatic rings. The second kappa shape index (κ2) is 7.54. The SMILES string of the molecule is CCN(CC)C(Cc1c[nH]c2ccccc12)c1ccccc1OC. The van der Waals surface area contributed by atoms with E-state index in [1.54, 1.807) is 7.11 Å². The van der Waals surface area contributed by atoms with E-state index in [4.69, 9.17) is 4.74 Å². The number of methoxy groups -OCH3 is 1. The molecule has 1 aromatic heterocycles. The Kier molecular flexibility index (Phi) is 5.21. The number of nitrogens with one attached hydrogen (secondary N) is 1. The molecule has 0 fully saturated rings. The first-order valence-electron chi connectivity index (χ1n) is 8.70. The smallest absolute Gasteiger partial charge is 0.123 e. The largest absolute Gasteiger partial charge is 0.496 e. The van der Waals surface area contributed by atoms with Crippen molar-refractivity contribution in [2.75, 3.05) is 20.2 Å². The average molecular weight is 322 g/mol. The van der Waals surface area contributed by atoms with Crippen LogP contribution >= 0.6 is 0 Å². The number of ether oxygens (including phenoxy) is 1. The Balaban J connectivity index is 2.02. The summed E-state index contributed by atoms with van der Waals surface area (Å²) in [5, 5.41) is 1.31. The van der Waals surface area contributed by atoms with E-state index in [2.05, 4.69) is 72.4 Å². The Hall–Kier alpha value is -2.26. The molecule has 0 radical (unpaired) electrons. The van der Waals surface area contributed by atoms with Gasteiger partial charge in [-0.05, 0) is 37.2 Å². The molecule has 3 nitrogen and oxygen atoms in total. The molecule has 126 valence electrons. The van der Waals surface area contributed by atoms with Crippen molar-refractivity contribution in [1.82, 2.24) is 9.88 Å². The van der Waals surface area contributed by atoms with E-state index in [1.807, 2.05) is 6.07 Å². The first kappa shape index (κ1) is 16.6. The lowest BCUT2D eigenvalue weighted by Crippen LogP contribution is -2.30. The summed E-state index contributed by atoms with van der Waals surface area (Å²) in [5.74, 6) is 0.967. The molecule has 0 saturated carbocycles. The van der Waals surface area contributed by atoms with Gasteiger partial charge in [0, 0.05) is 28.7 Å². The Labute approximate surface area is 144 Å². The number of para-hydroxylation sites is 2. The van der Waals surface area contributed by atoms with E-state index in [9.17, 15) is 0 Å². The fourth-order valence-electron chi connectivity index (χ4n) is 3.55. The van der Waals surface area contributed by atoms with E-state index >= 15 is 0 Å². The van der Waals surface area contributed by atoms with Gasteiger partial charge in [0.05, 0.1) is 7.11 Å². The standard InChI is InChI=1S/C21H26N2O/c1-4-23(5-2)20(18-11-7-9-13-21(18)24-3)14-16-15-22-19-12-8-6-10-17(16)19/h6-13,15,20,22H,4-5,14H2,1-3H3. The minimum absolute atomic E-state index is 0.301. The van der Waals surface area contributed by atoms with Crippen LogP contribution in [-0.4, -0.2) is 30.1 Å². The zero-order valence-corrected chi connectivity index (χ0v) is 14.8. The monoisotopic (exact) mass is 322 g/mol. The van der Waals surface area contributed by atoms with Crippen molar-refractivity contribution < 1.29 is 4.74 Å². The molecule has 3 rings (SSSR count). The normalized spacial score (nSPS) is 12.7. The van der Waals surface area contributed by atoms with E-state index < -0.39 is 0 Å². The first-order chi connectivity index (χ1) is 11.8. The maximum atomic E-state index is 5.64. The number of benzene rings is 2. The number of aromatic nitrogens is 1. The van der Waals surface area contributed by atoms with Gasteiger partial charge in [0.2, 0.25) is 0 Å². The fraction of sp³-hybridized carbons (Fsp3) is 0.333. The fourth-order valence-corrected chi connectivity index (χ4v) is 3.55. The first-order valence-corrected chi connectivity index (χ1v) is 8.70. The van der Waals surface area contributed by atoms with Gasteiger partial charge in [0.1, 0.15) is 5.75 Å². The number of H-pyrrole nitrogens is 1. The maximum Gasteiger partial charge on any atom is 0.123 e. The molecule has 1 unspecified atom stereocenters. The van der Waals surface area contributed by atoms with Crippen molar-refractivity contribution in [2.24, 2.45) is 0 Å². The highest BCUT2D eigenvalue weighted by Crippen LogP contribution is 2.33. The van der Waals surface area contributed by atoms with E-state index in [1.165, 1.54) is 22.0 Å². The van der Waals surface area contributed by atoms with Crippen molar-refractivity contribution in [3.05, 3.63) is 65.9 Å². The van der Waals surface area contributed by atoms with Crippen LogP contribution < -0.4 is 4.74 Å². The van der Waals surface area contributed by atoms with Crippen LogP contribution in [0.15, 0.2) is 54.7 Å². The molecule has 0 aliphatic carbocycles. The third-order valence-corrected chi connectivity index (χ3v) is 4.84. The molecule has 0 bridgehead atoms. The van der Waals surface area contributed by atoms with Gasteiger partial charge in [-0.15, -0.1) is 0 Å². The number of hydrogen-bond acceptors (Lipinski definition) is 2. The van der Waals surface area contributed by atoms with Gasteiger partial charge in [0.15, 0.2) is 0 Å². The lowest BCUT2D eigenvalue weighted by Gasteiger charge is -2.31. The highest BCUT2D eigenvalue weighted by molar-refractivity contribution is 5.83. The Bertz CT molecular complexity index is 789. The van der Waals surface area contributed by atoms with Crippen molar-refractivity contribution in [3.63, 3.8) is 0 Å². The Morgan fingerprint density at radius 1 is 1.00 bits per heavy atom. The van der Waals surface area contributed by atoms with Crippen LogP contribution in [0.25, 0.3) is 10.9 Å². The molecule has 0 saturated heterocycles. The van der Waals surface area contributed by atoms with Gasteiger partial charge >= 0.3 is 0 Å². The third kappa shape index (κ3) is 3.17. The topological polar surface area (TPSA) is 28.3 Å². The number of likely N-dealkylation sites (N-methyl/N-ethyl adjacent to an activating group) is 1. The summed E-state index contributed by atoms with van der Waals surface area (Å²) in [4.78, 5) is 5.90. The summed E-state index contributed by atoms with van der Waals surface area (Å²) in [6, 6.07) is 17.2. The van der Waals surface area contributed by atoms with E-state index in [0.29, 0.717) is 6.04 Å². The number of fused-ring (bicyclic) bond motifs is 1. The molecule has 1 atom stereocenters. The summed E-state index contributed by atoms with van der Waals surface area (Å²) in [5.41, 5.74) is 3.81. The number of hydrogen-bond donors (Lipinski definition) is 1. The molecule has 3 heteroatoms. The number of aromatic amines is 1. The van der Waals surface area contributed by atoms with Gasteiger partial charge in [0.25, 0.3) is 0 Å². The van der Waals surface area contributed by atoms with Crippen LogP contribution in [-0.2, 0) is 6.42 Å². The van der Waals surface area contributed by atoms with E-state index in [0.717, 1.165) is 25.3 Å². The zero-order chi connectivity index (χ0) is 16.9. The molecule has 0 aliphatic heterocycles. The molecule has 24 heavy (non-hydrogen) atoms. The molecule has 2 aromatic carbocycles. The highest BCUT2D eigenvalue weighted by Gasteiger charge is 2.22. The number of nitrogens with zero attached hydrogens (tertiary/aromatic N) is 1. The van der Waals surface area contributed by atoms with E-state index in [-0.39, 0.29) is 0 Å². The summed E-state index contributed by atoms with van der Waals surface area (Å²) >= 11 is 0. The van der Waals surface area contributed by atoms with Crippen molar-refractivity contribution in [2.45, 2.75) is 26.3 Å². The van der Waals surface area contributed by atoms with Crippen LogP contribution in [0.1, 0.15) is 31.0 Å². The second-order valence-corrected chi connectivity index (χ2v) is 6.04. The predicted molar refractivity (Wildman–Crippen MR) is 101 cm³/mol. The lowest BCUT2D eigenvalue weighted by atomic mass is 9.96. The van der Waals surface area contributed by atoms with Crippen LogP contribution in [0.3, 0.4) is 0 Å². The van der Waals surface area contributed by atoms with Gasteiger partial charge in [-0.25, -0.2) is 0 Å². The van der Waals surface area contributed by atoms with Crippen LogP contribution in [0.5, 0.6) is 5.75 Å². The quantitative estimate of drug-likeness (QED) is 0.676. The third-order valence-electron chi connectivity index (χ3n) is 4.84. The average Bonchev–Trinajstić information content (AvgIpc) is 3.05. The lowest BCUT2D eigenvalue weighted by molar-refractivity contribution is 0.213. The molecule has 0 amide bonds. The molecular formula is C21H26N2O. The van der Waals surface area contributed by atoms with Crippen LogP contribution in [0.2, 0.25) is 0 Å². The van der Waals surface area contributed by atoms with Crippen LogP contribution in [0.4, 0.5) is 0 Å². The highest BCUT2D eigenvalue weighted by atomic mass is 16.5. The minimum atomic E-state index is 0.301.